The van der Waals surface area contributed by atoms with E-state index < -0.39 is 5.60 Å². The lowest BCUT2D eigenvalue weighted by Gasteiger charge is -2.33. The highest BCUT2D eigenvalue weighted by Crippen LogP contribution is 2.25. The van der Waals surface area contributed by atoms with Gasteiger partial charge < -0.3 is 14.4 Å². The molecule has 27 heavy (non-hydrogen) atoms. The minimum Gasteiger partial charge on any atom is -0.477 e. The molecular formula is C20H26FN3O3. The van der Waals surface area contributed by atoms with Crippen LogP contribution in [0.2, 0.25) is 0 Å². The predicted molar refractivity (Wildman–Crippen MR) is 100 cm³/mol. The molecule has 3 rings (SSSR count). The predicted octanol–water partition coefficient (Wildman–Crippen LogP) is 4.10. The summed E-state index contributed by atoms with van der Waals surface area (Å²) in [6.07, 6.45) is 1.42. The highest BCUT2D eigenvalue weighted by atomic mass is 19.1. The minimum absolute atomic E-state index is 0.263. The number of carbonyl (C=O) groups excluding carboxylic acids is 1. The molecular weight excluding hydrogens is 349 g/mol. The summed E-state index contributed by atoms with van der Waals surface area (Å²) in [4.78, 5) is 22.5. The normalized spacial score (nSPS) is 15.8. The molecule has 1 aromatic carbocycles. The average molecular weight is 375 g/mol. The second kappa shape index (κ2) is 7.66. The van der Waals surface area contributed by atoms with Crippen LogP contribution in [0.1, 0.15) is 39.4 Å². The van der Waals surface area contributed by atoms with Crippen molar-refractivity contribution in [2.45, 2.75) is 46.1 Å². The minimum atomic E-state index is -0.484. The Morgan fingerprint density at radius 2 is 1.96 bits per heavy atom. The van der Waals surface area contributed by atoms with E-state index in [0.717, 1.165) is 12.8 Å². The van der Waals surface area contributed by atoms with Crippen LogP contribution in [-0.2, 0) is 4.74 Å². The summed E-state index contributed by atoms with van der Waals surface area (Å²) in [6, 6.07) is 4.41. The lowest BCUT2D eigenvalue weighted by molar-refractivity contribution is 0.0164. The molecule has 7 heteroatoms. The van der Waals surface area contributed by atoms with Crippen LogP contribution in [0.4, 0.5) is 9.18 Å². The van der Waals surface area contributed by atoms with Crippen molar-refractivity contribution in [3.8, 4) is 5.88 Å². The molecule has 1 saturated heterocycles. The van der Waals surface area contributed by atoms with Crippen LogP contribution in [0.25, 0.3) is 10.9 Å². The number of hydrogen-bond acceptors (Lipinski definition) is 5. The van der Waals surface area contributed by atoms with Crippen molar-refractivity contribution >= 4 is 17.0 Å². The van der Waals surface area contributed by atoms with Gasteiger partial charge in [0.15, 0.2) is 0 Å². The summed E-state index contributed by atoms with van der Waals surface area (Å²) in [5.41, 5.74) is 0.0554. The molecule has 1 fully saturated rings. The van der Waals surface area contributed by atoms with Gasteiger partial charge in [-0.3, -0.25) is 0 Å². The Kier molecular flexibility index (Phi) is 5.48. The zero-order valence-corrected chi connectivity index (χ0v) is 16.3. The molecule has 0 spiro atoms. The van der Waals surface area contributed by atoms with Crippen LogP contribution in [0.5, 0.6) is 5.88 Å². The third-order valence-corrected chi connectivity index (χ3v) is 4.46. The van der Waals surface area contributed by atoms with Crippen molar-refractivity contribution in [2.24, 2.45) is 5.92 Å². The van der Waals surface area contributed by atoms with Gasteiger partial charge in [0.2, 0.25) is 5.88 Å². The van der Waals surface area contributed by atoms with E-state index in [9.17, 15) is 9.18 Å². The SMILES string of the molecule is Cc1nc(OCC2CCN(C(=O)OC(C)(C)C)CC2)c2ccc(F)cc2n1. The van der Waals surface area contributed by atoms with E-state index >= 15 is 0 Å². The van der Waals surface area contributed by atoms with Crippen molar-refractivity contribution in [2.75, 3.05) is 19.7 Å². The molecule has 0 atom stereocenters. The number of likely N-dealkylation sites (tertiary alicyclic amines) is 1. The van der Waals surface area contributed by atoms with Crippen molar-refractivity contribution in [1.29, 1.82) is 0 Å². The summed E-state index contributed by atoms with van der Waals surface area (Å²) in [5, 5.41) is 0.702. The average Bonchev–Trinajstić information content (AvgIpc) is 2.58. The second-order valence-electron chi connectivity index (χ2n) is 7.96. The first-order chi connectivity index (χ1) is 12.7. The fourth-order valence-corrected chi connectivity index (χ4v) is 3.10. The molecule has 6 nitrogen and oxygen atoms in total. The number of aromatic nitrogens is 2. The monoisotopic (exact) mass is 375 g/mol. The molecule has 146 valence electrons. The van der Waals surface area contributed by atoms with Gasteiger partial charge in [0.1, 0.15) is 17.2 Å². The Hall–Kier alpha value is -2.44. The first-order valence-electron chi connectivity index (χ1n) is 9.26. The van der Waals surface area contributed by atoms with Crippen LogP contribution in [0.15, 0.2) is 18.2 Å². The van der Waals surface area contributed by atoms with Crippen LogP contribution in [0.3, 0.4) is 0 Å². The standard InChI is InChI=1S/C20H26FN3O3/c1-13-22-17-11-15(21)5-6-16(17)18(23-13)26-12-14-7-9-24(10-8-14)19(25)27-20(2,3)4/h5-6,11,14H,7-10,12H2,1-4H3. The van der Waals surface area contributed by atoms with E-state index in [0.29, 0.717) is 48.2 Å². The number of halogens is 1. The van der Waals surface area contributed by atoms with E-state index in [1.54, 1.807) is 17.9 Å². The Morgan fingerprint density at radius 3 is 2.63 bits per heavy atom. The number of rotatable bonds is 3. The topological polar surface area (TPSA) is 64.5 Å². The van der Waals surface area contributed by atoms with Crippen LogP contribution in [-0.4, -0.2) is 46.3 Å². The van der Waals surface area contributed by atoms with Crippen LogP contribution < -0.4 is 4.74 Å². The number of piperidine rings is 1. The van der Waals surface area contributed by atoms with Crippen molar-refractivity contribution in [1.82, 2.24) is 14.9 Å². The van der Waals surface area contributed by atoms with Gasteiger partial charge in [0.05, 0.1) is 17.5 Å². The van der Waals surface area contributed by atoms with Crippen molar-refractivity contribution < 1.29 is 18.7 Å². The van der Waals surface area contributed by atoms with Gasteiger partial charge in [0.25, 0.3) is 0 Å². The molecule has 0 saturated carbocycles. The first kappa shape index (κ1) is 19.3. The maximum Gasteiger partial charge on any atom is 0.410 e. The molecule has 2 heterocycles. The molecule has 1 aliphatic rings. The summed E-state index contributed by atoms with van der Waals surface area (Å²) in [5.74, 6) is 1.02. The molecule has 0 bridgehead atoms. The highest BCUT2D eigenvalue weighted by Gasteiger charge is 2.27. The highest BCUT2D eigenvalue weighted by molar-refractivity contribution is 5.83. The van der Waals surface area contributed by atoms with Crippen LogP contribution >= 0.6 is 0 Å². The van der Waals surface area contributed by atoms with Crippen molar-refractivity contribution in [3.63, 3.8) is 0 Å². The van der Waals surface area contributed by atoms with Gasteiger partial charge >= 0.3 is 6.09 Å². The molecule has 0 N–H and O–H groups in total. The van der Waals surface area contributed by atoms with Gasteiger partial charge in [-0.25, -0.2) is 14.2 Å². The van der Waals surface area contributed by atoms with E-state index in [1.807, 2.05) is 20.8 Å². The van der Waals surface area contributed by atoms with Gasteiger partial charge in [-0.1, -0.05) is 0 Å². The first-order valence-corrected chi connectivity index (χ1v) is 9.26. The van der Waals surface area contributed by atoms with Gasteiger partial charge in [-0.2, -0.15) is 4.98 Å². The number of nitrogens with zero attached hydrogens (tertiary/aromatic N) is 3. The quantitative estimate of drug-likeness (QED) is 0.808. The van der Waals surface area contributed by atoms with E-state index in [2.05, 4.69) is 9.97 Å². The smallest absolute Gasteiger partial charge is 0.410 e. The number of aryl methyl sites for hydroxylation is 1. The largest absolute Gasteiger partial charge is 0.477 e. The lowest BCUT2D eigenvalue weighted by atomic mass is 9.98. The second-order valence-corrected chi connectivity index (χ2v) is 7.96. The number of ether oxygens (including phenoxy) is 2. The lowest BCUT2D eigenvalue weighted by Crippen LogP contribution is -2.42. The maximum absolute atomic E-state index is 13.4. The van der Waals surface area contributed by atoms with Gasteiger partial charge in [-0.05, 0) is 58.6 Å². The number of fused-ring (bicyclic) bond motifs is 1. The van der Waals surface area contributed by atoms with E-state index in [1.165, 1.54) is 12.1 Å². The Bertz CT molecular complexity index is 822. The molecule has 1 aromatic heterocycles. The molecule has 1 amide bonds. The summed E-state index contributed by atoms with van der Waals surface area (Å²) in [6.45, 7) is 9.17. The molecule has 1 aliphatic heterocycles. The van der Waals surface area contributed by atoms with Crippen LogP contribution in [0, 0.1) is 18.7 Å². The number of amides is 1. The molecule has 0 radical (unpaired) electrons. The maximum atomic E-state index is 13.4. The fraction of sp³-hybridized carbons (Fsp3) is 0.550. The molecule has 0 unspecified atom stereocenters. The Morgan fingerprint density at radius 1 is 1.26 bits per heavy atom. The zero-order valence-electron chi connectivity index (χ0n) is 16.3. The summed E-state index contributed by atoms with van der Waals surface area (Å²) >= 11 is 0. The number of hydrogen-bond donors (Lipinski definition) is 0. The Labute approximate surface area is 158 Å². The third-order valence-electron chi connectivity index (χ3n) is 4.46. The van der Waals surface area contributed by atoms with E-state index in [-0.39, 0.29) is 11.9 Å². The molecule has 0 aliphatic carbocycles. The third kappa shape index (κ3) is 5.05. The molecule has 2 aromatic rings. The fourth-order valence-electron chi connectivity index (χ4n) is 3.10. The summed E-state index contributed by atoms with van der Waals surface area (Å²) in [7, 11) is 0. The number of benzene rings is 1. The van der Waals surface area contributed by atoms with E-state index in [4.69, 9.17) is 9.47 Å². The van der Waals surface area contributed by atoms with Gasteiger partial charge in [0, 0.05) is 19.2 Å². The number of carbonyl (C=O) groups is 1. The summed E-state index contributed by atoms with van der Waals surface area (Å²) < 4.78 is 24.8. The van der Waals surface area contributed by atoms with Gasteiger partial charge in [-0.15, -0.1) is 0 Å². The Balaban J connectivity index is 1.58. The van der Waals surface area contributed by atoms with Crippen molar-refractivity contribution in [3.05, 3.63) is 29.8 Å². The zero-order chi connectivity index (χ0) is 19.6.